The zero-order chi connectivity index (χ0) is 21.7. The SMILES string of the molecule is Cc1cc(C)nc(SCC(=O)OCC(=O)Nc2cc(C)nn2-c2ccc(F)cc2)n1. The maximum absolute atomic E-state index is 13.1. The number of anilines is 1. The molecule has 0 radical (unpaired) electrons. The lowest BCUT2D eigenvalue weighted by atomic mass is 10.3. The molecule has 2 heterocycles. The second-order valence-corrected chi connectivity index (χ2v) is 7.43. The lowest BCUT2D eigenvalue weighted by molar-refractivity contribution is -0.144. The molecule has 0 atom stereocenters. The maximum Gasteiger partial charge on any atom is 0.316 e. The molecular weight excluding hydrogens is 409 g/mol. The Labute approximate surface area is 176 Å². The van der Waals surface area contributed by atoms with E-state index in [1.807, 2.05) is 19.9 Å². The van der Waals surface area contributed by atoms with Gasteiger partial charge in [-0.3, -0.25) is 9.59 Å². The lowest BCUT2D eigenvalue weighted by Crippen LogP contribution is -2.23. The molecule has 0 saturated carbocycles. The average molecular weight is 429 g/mol. The molecule has 1 amide bonds. The number of esters is 1. The number of carbonyl (C=O) groups excluding carboxylic acids is 2. The molecule has 8 nitrogen and oxygen atoms in total. The minimum Gasteiger partial charge on any atom is -0.455 e. The first-order chi connectivity index (χ1) is 14.3. The zero-order valence-corrected chi connectivity index (χ0v) is 17.5. The van der Waals surface area contributed by atoms with Gasteiger partial charge in [-0.15, -0.1) is 0 Å². The van der Waals surface area contributed by atoms with E-state index in [1.165, 1.54) is 16.8 Å². The number of aromatic nitrogens is 4. The van der Waals surface area contributed by atoms with E-state index >= 15 is 0 Å². The van der Waals surface area contributed by atoms with Gasteiger partial charge >= 0.3 is 5.97 Å². The van der Waals surface area contributed by atoms with Crippen LogP contribution in [0.15, 0.2) is 41.6 Å². The molecule has 0 bridgehead atoms. The topological polar surface area (TPSA) is 99.0 Å². The molecule has 0 aliphatic heterocycles. The van der Waals surface area contributed by atoms with Crippen LogP contribution in [0.5, 0.6) is 0 Å². The van der Waals surface area contributed by atoms with Crippen molar-refractivity contribution in [2.24, 2.45) is 0 Å². The number of hydrogen-bond acceptors (Lipinski definition) is 7. The van der Waals surface area contributed by atoms with Crippen LogP contribution in [0.3, 0.4) is 0 Å². The highest BCUT2D eigenvalue weighted by Gasteiger charge is 2.14. The summed E-state index contributed by atoms with van der Waals surface area (Å²) in [5.74, 6) is -1.06. The van der Waals surface area contributed by atoms with Crippen LogP contribution in [-0.2, 0) is 14.3 Å². The molecule has 0 unspecified atom stereocenters. The fourth-order valence-electron chi connectivity index (χ4n) is 2.62. The average Bonchev–Trinajstić information content (AvgIpc) is 3.04. The van der Waals surface area contributed by atoms with Crippen LogP contribution in [0, 0.1) is 26.6 Å². The zero-order valence-electron chi connectivity index (χ0n) is 16.7. The first kappa shape index (κ1) is 21.4. The van der Waals surface area contributed by atoms with E-state index in [4.69, 9.17) is 4.74 Å². The molecular formula is C20H20FN5O3S. The van der Waals surface area contributed by atoms with E-state index < -0.39 is 18.5 Å². The number of nitrogens with zero attached hydrogens (tertiary/aromatic N) is 4. The van der Waals surface area contributed by atoms with E-state index in [9.17, 15) is 14.0 Å². The largest absolute Gasteiger partial charge is 0.455 e. The second kappa shape index (κ2) is 9.49. The van der Waals surface area contributed by atoms with Crippen molar-refractivity contribution < 1.29 is 18.7 Å². The van der Waals surface area contributed by atoms with Crippen LogP contribution >= 0.6 is 11.8 Å². The Morgan fingerprint density at radius 1 is 1.07 bits per heavy atom. The van der Waals surface area contributed by atoms with Crippen LogP contribution < -0.4 is 5.32 Å². The highest BCUT2D eigenvalue weighted by Crippen LogP contribution is 2.18. The smallest absolute Gasteiger partial charge is 0.316 e. The van der Waals surface area contributed by atoms with Gasteiger partial charge in [0.05, 0.1) is 17.1 Å². The van der Waals surface area contributed by atoms with Crippen LogP contribution in [0.25, 0.3) is 5.69 Å². The van der Waals surface area contributed by atoms with Crippen LogP contribution in [0.4, 0.5) is 10.2 Å². The van der Waals surface area contributed by atoms with Crippen LogP contribution in [0.1, 0.15) is 17.1 Å². The molecule has 156 valence electrons. The Bertz CT molecular complexity index is 1050. The Morgan fingerprint density at radius 2 is 1.73 bits per heavy atom. The molecule has 3 rings (SSSR count). The Hall–Kier alpha value is -3.27. The number of nitrogens with one attached hydrogen (secondary N) is 1. The lowest BCUT2D eigenvalue weighted by Gasteiger charge is -2.09. The van der Waals surface area contributed by atoms with E-state index in [2.05, 4.69) is 20.4 Å². The minimum atomic E-state index is -0.555. The predicted molar refractivity (Wildman–Crippen MR) is 110 cm³/mol. The van der Waals surface area contributed by atoms with Crippen molar-refractivity contribution in [3.63, 3.8) is 0 Å². The van der Waals surface area contributed by atoms with Crippen molar-refractivity contribution in [3.8, 4) is 5.69 Å². The van der Waals surface area contributed by atoms with Gasteiger partial charge in [0.15, 0.2) is 11.8 Å². The molecule has 0 aliphatic rings. The van der Waals surface area contributed by atoms with Gasteiger partial charge in [0.25, 0.3) is 5.91 Å². The van der Waals surface area contributed by atoms with E-state index in [1.54, 1.807) is 25.1 Å². The van der Waals surface area contributed by atoms with Gasteiger partial charge in [0.2, 0.25) is 0 Å². The summed E-state index contributed by atoms with van der Waals surface area (Å²) in [6.07, 6.45) is 0. The Balaban J connectivity index is 1.53. The standard InChI is InChI=1S/C20H20FN5O3S/c1-12-8-13(2)23-20(22-12)30-11-19(28)29-10-18(27)24-17-9-14(3)25-26(17)16-6-4-15(21)5-7-16/h4-9H,10-11H2,1-3H3,(H,24,27). The summed E-state index contributed by atoms with van der Waals surface area (Å²) in [5, 5.41) is 7.42. The molecule has 0 aliphatic carbocycles. The van der Waals surface area contributed by atoms with E-state index in [-0.39, 0.29) is 11.6 Å². The van der Waals surface area contributed by atoms with Crippen molar-refractivity contribution >= 4 is 29.5 Å². The number of ether oxygens (including phenoxy) is 1. The summed E-state index contributed by atoms with van der Waals surface area (Å²) < 4.78 is 19.6. The molecule has 2 aromatic heterocycles. The van der Waals surface area contributed by atoms with Crippen molar-refractivity contribution in [2.45, 2.75) is 25.9 Å². The molecule has 0 fully saturated rings. The third-order valence-electron chi connectivity index (χ3n) is 3.82. The van der Waals surface area contributed by atoms with Crippen molar-refractivity contribution in [3.05, 3.63) is 59.3 Å². The number of thioether (sulfide) groups is 1. The molecule has 10 heteroatoms. The van der Waals surface area contributed by atoms with Crippen molar-refractivity contribution in [1.82, 2.24) is 19.7 Å². The number of hydrogen-bond donors (Lipinski definition) is 1. The number of benzene rings is 1. The number of aryl methyl sites for hydroxylation is 3. The quantitative estimate of drug-likeness (QED) is 0.350. The minimum absolute atomic E-state index is 0.0111. The maximum atomic E-state index is 13.1. The third-order valence-corrected chi connectivity index (χ3v) is 4.64. The van der Waals surface area contributed by atoms with E-state index in [0.717, 1.165) is 23.1 Å². The number of halogens is 1. The molecule has 1 N–H and O–H groups in total. The summed E-state index contributed by atoms with van der Waals surface area (Å²) >= 11 is 1.14. The summed E-state index contributed by atoms with van der Waals surface area (Å²) in [5.41, 5.74) is 2.87. The monoisotopic (exact) mass is 429 g/mol. The number of amides is 1. The number of rotatable bonds is 7. The van der Waals surface area contributed by atoms with Gasteiger partial charge in [-0.2, -0.15) is 5.10 Å². The Morgan fingerprint density at radius 3 is 2.40 bits per heavy atom. The third kappa shape index (κ3) is 5.86. The van der Waals surface area contributed by atoms with Gasteiger partial charge in [-0.05, 0) is 51.1 Å². The number of carbonyl (C=O) groups is 2. The van der Waals surface area contributed by atoms with Gasteiger partial charge in [-0.1, -0.05) is 11.8 Å². The molecule has 3 aromatic rings. The van der Waals surface area contributed by atoms with Gasteiger partial charge < -0.3 is 10.1 Å². The fourth-order valence-corrected chi connectivity index (χ4v) is 3.36. The molecule has 1 aromatic carbocycles. The van der Waals surface area contributed by atoms with Gasteiger partial charge in [-0.25, -0.2) is 19.0 Å². The van der Waals surface area contributed by atoms with Crippen LogP contribution in [0.2, 0.25) is 0 Å². The van der Waals surface area contributed by atoms with Gasteiger partial charge in [0.1, 0.15) is 11.6 Å². The highest BCUT2D eigenvalue weighted by atomic mass is 32.2. The first-order valence-electron chi connectivity index (χ1n) is 9.03. The summed E-state index contributed by atoms with van der Waals surface area (Å²) in [4.78, 5) is 32.6. The second-order valence-electron chi connectivity index (χ2n) is 6.49. The first-order valence-corrected chi connectivity index (χ1v) is 10.0. The highest BCUT2D eigenvalue weighted by molar-refractivity contribution is 7.99. The van der Waals surface area contributed by atoms with Crippen LogP contribution in [-0.4, -0.2) is 44.0 Å². The predicted octanol–water partition coefficient (Wildman–Crippen LogP) is 3.00. The molecule has 0 spiro atoms. The van der Waals surface area contributed by atoms with Crippen molar-refractivity contribution in [2.75, 3.05) is 17.7 Å². The molecule has 30 heavy (non-hydrogen) atoms. The summed E-state index contributed by atoms with van der Waals surface area (Å²) in [6, 6.07) is 9.20. The fraction of sp³-hybridized carbons (Fsp3) is 0.250. The van der Waals surface area contributed by atoms with Gasteiger partial charge in [0, 0.05) is 17.5 Å². The van der Waals surface area contributed by atoms with Crippen molar-refractivity contribution in [1.29, 1.82) is 0 Å². The normalized spacial score (nSPS) is 10.7. The Kier molecular flexibility index (Phi) is 6.78. The summed E-state index contributed by atoms with van der Waals surface area (Å²) in [7, 11) is 0. The van der Waals surface area contributed by atoms with E-state index in [0.29, 0.717) is 22.4 Å². The molecule has 0 saturated heterocycles. The summed E-state index contributed by atoms with van der Waals surface area (Å²) in [6.45, 7) is 5.02.